The van der Waals surface area contributed by atoms with Crippen molar-refractivity contribution >= 4 is 15.7 Å². The highest BCUT2D eigenvalue weighted by Crippen LogP contribution is 2.24. The third kappa shape index (κ3) is 2.47. The van der Waals surface area contributed by atoms with E-state index in [1.54, 1.807) is 4.90 Å². The summed E-state index contributed by atoms with van der Waals surface area (Å²) in [6, 6.07) is 0.0716. The minimum absolute atomic E-state index is 0.0118. The second kappa shape index (κ2) is 3.95. The van der Waals surface area contributed by atoms with E-state index in [0.29, 0.717) is 13.0 Å². The van der Waals surface area contributed by atoms with Crippen molar-refractivity contribution in [3.05, 3.63) is 0 Å². The van der Waals surface area contributed by atoms with Gasteiger partial charge in [0.15, 0.2) is 9.84 Å². The molecule has 1 amide bonds. The summed E-state index contributed by atoms with van der Waals surface area (Å²) in [7, 11) is -2.94. The second-order valence-electron chi connectivity index (χ2n) is 5.68. The van der Waals surface area contributed by atoms with E-state index in [4.69, 9.17) is 0 Å². The van der Waals surface area contributed by atoms with Gasteiger partial charge in [0, 0.05) is 18.6 Å². The van der Waals surface area contributed by atoms with E-state index in [0.717, 1.165) is 0 Å². The minimum atomic E-state index is -2.94. The molecule has 17 heavy (non-hydrogen) atoms. The Balaban J connectivity index is 2.18. The zero-order chi connectivity index (χ0) is 12.8. The SMILES string of the molecule is CC1CN(C2CCS(=O)(=O)C2)C(=O)C(C)(C)N1. The lowest BCUT2D eigenvalue weighted by Crippen LogP contribution is -2.66. The minimum Gasteiger partial charge on any atom is -0.336 e. The molecule has 2 rings (SSSR count). The number of amides is 1. The number of hydrogen-bond acceptors (Lipinski definition) is 4. The summed E-state index contributed by atoms with van der Waals surface area (Å²) >= 11 is 0. The average molecular weight is 260 g/mol. The second-order valence-corrected chi connectivity index (χ2v) is 7.91. The largest absolute Gasteiger partial charge is 0.336 e. The lowest BCUT2D eigenvalue weighted by atomic mass is 9.96. The molecule has 2 unspecified atom stereocenters. The first kappa shape index (κ1) is 12.8. The molecule has 2 atom stereocenters. The average Bonchev–Trinajstić information content (AvgIpc) is 2.51. The van der Waals surface area contributed by atoms with Gasteiger partial charge < -0.3 is 4.90 Å². The quantitative estimate of drug-likeness (QED) is 0.707. The number of carbonyl (C=O) groups excluding carboxylic acids is 1. The Hall–Kier alpha value is -0.620. The fourth-order valence-electron chi connectivity index (χ4n) is 2.80. The first-order valence-corrected chi connectivity index (χ1v) is 7.82. The van der Waals surface area contributed by atoms with Crippen LogP contribution in [-0.4, -0.2) is 54.9 Å². The molecule has 2 aliphatic heterocycles. The maximum absolute atomic E-state index is 12.3. The van der Waals surface area contributed by atoms with E-state index < -0.39 is 15.4 Å². The van der Waals surface area contributed by atoms with Gasteiger partial charge in [-0.15, -0.1) is 0 Å². The highest BCUT2D eigenvalue weighted by molar-refractivity contribution is 7.91. The predicted molar refractivity (Wildman–Crippen MR) is 65.4 cm³/mol. The van der Waals surface area contributed by atoms with Gasteiger partial charge in [-0.05, 0) is 27.2 Å². The van der Waals surface area contributed by atoms with Crippen molar-refractivity contribution in [2.75, 3.05) is 18.1 Å². The van der Waals surface area contributed by atoms with Crippen molar-refractivity contribution in [2.45, 2.75) is 44.8 Å². The maximum Gasteiger partial charge on any atom is 0.242 e. The Kier molecular flexibility index (Phi) is 2.98. The van der Waals surface area contributed by atoms with Gasteiger partial charge in [-0.2, -0.15) is 0 Å². The van der Waals surface area contributed by atoms with Crippen molar-refractivity contribution in [1.29, 1.82) is 0 Å². The van der Waals surface area contributed by atoms with Crippen molar-refractivity contribution in [3.8, 4) is 0 Å². The molecule has 0 bridgehead atoms. The molecule has 0 saturated carbocycles. The Morgan fingerprint density at radius 1 is 1.41 bits per heavy atom. The summed E-state index contributed by atoms with van der Waals surface area (Å²) in [5, 5.41) is 3.24. The summed E-state index contributed by atoms with van der Waals surface area (Å²) in [5.41, 5.74) is -0.593. The molecule has 0 aliphatic carbocycles. The van der Waals surface area contributed by atoms with E-state index in [9.17, 15) is 13.2 Å². The van der Waals surface area contributed by atoms with Gasteiger partial charge >= 0.3 is 0 Å². The number of nitrogens with zero attached hydrogens (tertiary/aromatic N) is 1. The molecule has 2 saturated heterocycles. The number of hydrogen-bond donors (Lipinski definition) is 1. The highest BCUT2D eigenvalue weighted by atomic mass is 32.2. The maximum atomic E-state index is 12.3. The van der Waals surface area contributed by atoms with Crippen LogP contribution in [0, 0.1) is 0 Å². The molecule has 5 nitrogen and oxygen atoms in total. The molecule has 2 fully saturated rings. The van der Waals surface area contributed by atoms with Crippen LogP contribution in [0.15, 0.2) is 0 Å². The van der Waals surface area contributed by atoms with Gasteiger partial charge in [0.05, 0.1) is 17.0 Å². The Bertz CT molecular complexity index is 430. The Morgan fingerprint density at radius 2 is 2.06 bits per heavy atom. The van der Waals surface area contributed by atoms with E-state index in [1.807, 2.05) is 20.8 Å². The molecule has 2 heterocycles. The summed E-state index contributed by atoms with van der Waals surface area (Å²) in [6.45, 7) is 6.32. The van der Waals surface area contributed by atoms with Crippen LogP contribution in [0.3, 0.4) is 0 Å². The number of rotatable bonds is 1. The smallest absolute Gasteiger partial charge is 0.242 e. The van der Waals surface area contributed by atoms with Gasteiger partial charge in [0.1, 0.15) is 0 Å². The van der Waals surface area contributed by atoms with Crippen molar-refractivity contribution in [2.24, 2.45) is 0 Å². The van der Waals surface area contributed by atoms with Crippen molar-refractivity contribution in [3.63, 3.8) is 0 Å². The molecule has 1 N–H and O–H groups in total. The number of sulfone groups is 1. The molecule has 2 aliphatic rings. The van der Waals surface area contributed by atoms with Crippen LogP contribution >= 0.6 is 0 Å². The molecular formula is C11H20N2O3S. The topological polar surface area (TPSA) is 66.5 Å². The summed E-state index contributed by atoms with van der Waals surface area (Å²) < 4.78 is 23.0. The van der Waals surface area contributed by atoms with Crippen LogP contribution in [0.2, 0.25) is 0 Å². The van der Waals surface area contributed by atoms with E-state index in [1.165, 1.54) is 0 Å². The van der Waals surface area contributed by atoms with Gasteiger partial charge in [-0.25, -0.2) is 8.42 Å². The van der Waals surface area contributed by atoms with Gasteiger partial charge in [-0.3, -0.25) is 10.1 Å². The number of carbonyl (C=O) groups is 1. The normalized spacial score (nSPS) is 36.2. The van der Waals surface area contributed by atoms with E-state index in [2.05, 4.69) is 5.32 Å². The fourth-order valence-corrected chi connectivity index (χ4v) is 4.53. The lowest BCUT2D eigenvalue weighted by molar-refractivity contribution is -0.143. The third-order valence-electron chi connectivity index (χ3n) is 3.52. The molecule has 0 spiro atoms. The Morgan fingerprint density at radius 3 is 2.59 bits per heavy atom. The first-order valence-electron chi connectivity index (χ1n) is 6.00. The first-order chi connectivity index (χ1) is 7.71. The molecule has 0 aromatic carbocycles. The van der Waals surface area contributed by atoms with Gasteiger partial charge in [0.25, 0.3) is 0 Å². The molecule has 98 valence electrons. The lowest BCUT2D eigenvalue weighted by Gasteiger charge is -2.44. The monoisotopic (exact) mass is 260 g/mol. The highest BCUT2D eigenvalue weighted by Gasteiger charge is 2.43. The van der Waals surface area contributed by atoms with Crippen LogP contribution in [0.25, 0.3) is 0 Å². The summed E-state index contributed by atoms with van der Waals surface area (Å²) in [4.78, 5) is 14.0. The van der Waals surface area contributed by atoms with Crippen LogP contribution in [0.4, 0.5) is 0 Å². The van der Waals surface area contributed by atoms with E-state index in [-0.39, 0.29) is 29.5 Å². The zero-order valence-corrected chi connectivity index (χ0v) is 11.4. The van der Waals surface area contributed by atoms with Gasteiger partial charge in [0.2, 0.25) is 5.91 Å². The van der Waals surface area contributed by atoms with E-state index >= 15 is 0 Å². The molecule has 0 aromatic rings. The van der Waals surface area contributed by atoms with Crippen LogP contribution in [0.5, 0.6) is 0 Å². The van der Waals surface area contributed by atoms with Crippen LogP contribution in [0.1, 0.15) is 27.2 Å². The van der Waals surface area contributed by atoms with Gasteiger partial charge in [-0.1, -0.05) is 0 Å². The number of nitrogens with one attached hydrogen (secondary N) is 1. The van der Waals surface area contributed by atoms with Crippen LogP contribution < -0.4 is 5.32 Å². The summed E-state index contributed by atoms with van der Waals surface area (Å²) in [5.74, 6) is 0.350. The summed E-state index contributed by atoms with van der Waals surface area (Å²) in [6.07, 6.45) is 0.580. The van der Waals surface area contributed by atoms with Crippen molar-refractivity contribution < 1.29 is 13.2 Å². The van der Waals surface area contributed by atoms with Crippen LogP contribution in [-0.2, 0) is 14.6 Å². The molecule has 6 heteroatoms. The Labute approximate surface area is 102 Å². The molecular weight excluding hydrogens is 240 g/mol. The standard InChI is InChI=1S/C11H20N2O3S/c1-8-6-13(10(14)11(2,3)12-8)9-4-5-17(15,16)7-9/h8-9,12H,4-7H2,1-3H3. The zero-order valence-electron chi connectivity index (χ0n) is 10.6. The third-order valence-corrected chi connectivity index (χ3v) is 5.27. The van der Waals surface area contributed by atoms with Crippen molar-refractivity contribution in [1.82, 2.24) is 10.2 Å². The predicted octanol–water partition coefficient (Wildman–Crippen LogP) is -0.228. The molecule has 0 radical (unpaired) electrons. The molecule has 0 aromatic heterocycles. The number of piperazine rings is 1. The fraction of sp³-hybridized carbons (Fsp3) is 0.909.